The molecule has 2 nitrogen and oxygen atoms in total. The summed E-state index contributed by atoms with van der Waals surface area (Å²) < 4.78 is 40.6. The Kier molecular flexibility index (Phi) is 3.72. The fourth-order valence-electron chi connectivity index (χ4n) is 2.45. The molecular formula is C16H15F3N2S. The molecule has 0 aliphatic rings. The number of thiophene rings is 1. The van der Waals surface area contributed by atoms with E-state index in [-0.39, 0.29) is 0 Å². The third-order valence-corrected chi connectivity index (χ3v) is 4.23. The van der Waals surface area contributed by atoms with Crippen molar-refractivity contribution >= 4 is 22.4 Å². The summed E-state index contributed by atoms with van der Waals surface area (Å²) >= 11 is 1.54. The van der Waals surface area contributed by atoms with Crippen molar-refractivity contribution in [2.45, 2.75) is 26.6 Å². The zero-order chi connectivity index (χ0) is 15.9. The summed E-state index contributed by atoms with van der Waals surface area (Å²) in [6, 6.07) is 7.63. The van der Waals surface area contributed by atoms with Gasteiger partial charge in [-0.2, -0.15) is 13.2 Å². The van der Waals surface area contributed by atoms with E-state index in [1.165, 1.54) is 17.4 Å². The van der Waals surface area contributed by atoms with Gasteiger partial charge in [0.05, 0.1) is 21.5 Å². The van der Waals surface area contributed by atoms with Crippen molar-refractivity contribution in [3.8, 4) is 10.7 Å². The average molecular weight is 324 g/mol. The van der Waals surface area contributed by atoms with E-state index in [1.54, 1.807) is 0 Å². The van der Waals surface area contributed by atoms with Crippen LogP contribution in [-0.4, -0.2) is 9.55 Å². The number of halogens is 3. The Morgan fingerprint density at radius 2 is 2.00 bits per heavy atom. The number of alkyl halides is 3. The lowest BCUT2D eigenvalue weighted by atomic mass is 10.2. The maximum absolute atomic E-state index is 12.9. The number of hydrogen-bond acceptors (Lipinski definition) is 2. The monoisotopic (exact) mass is 324 g/mol. The highest BCUT2D eigenvalue weighted by Crippen LogP contribution is 2.34. The Balaban J connectivity index is 2.21. The zero-order valence-corrected chi connectivity index (χ0v) is 13.0. The lowest BCUT2D eigenvalue weighted by Crippen LogP contribution is -2.06. The number of nitrogens with zero attached hydrogens (tertiary/aromatic N) is 2. The molecule has 0 aliphatic carbocycles. The van der Waals surface area contributed by atoms with Crippen LogP contribution in [-0.2, 0) is 12.7 Å². The molecule has 0 atom stereocenters. The molecule has 6 heteroatoms. The van der Waals surface area contributed by atoms with Gasteiger partial charge in [0.2, 0.25) is 0 Å². The fourth-order valence-corrected chi connectivity index (χ4v) is 3.17. The third-order valence-electron chi connectivity index (χ3n) is 3.36. The molecule has 2 heterocycles. The van der Waals surface area contributed by atoms with E-state index in [1.807, 2.05) is 22.1 Å². The number of hydrogen-bond donors (Lipinski definition) is 0. The van der Waals surface area contributed by atoms with Gasteiger partial charge in [-0.15, -0.1) is 11.3 Å². The summed E-state index contributed by atoms with van der Waals surface area (Å²) in [5.74, 6) is 1.11. The van der Waals surface area contributed by atoms with Crippen LogP contribution in [0.2, 0.25) is 0 Å². The molecule has 116 valence electrons. The van der Waals surface area contributed by atoms with Crippen LogP contribution >= 0.6 is 11.3 Å². The molecule has 0 aliphatic heterocycles. The molecule has 3 aromatic rings. The Morgan fingerprint density at radius 1 is 1.23 bits per heavy atom. The quantitative estimate of drug-likeness (QED) is 0.627. The van der Waals surface area contributed by atoms with E-state index in [4.69, 9.17) is 0 Å². The van der Waals surface area contributed by atoms with Gasteiger partial charge in [-0.25, -0.2) is 4.98 Å². The van der Waals surface area contributed by atoms with Gasteiger partial charge in [0, 0.05) is 6.54 Å². The predicted molar refractivity (Wildman–Crippen MR) is 82.9 cm³/mol. The Hall–Kier alpha value is -1.82. The van der Waals surface area contributed by atoms with Gasteiger partial charge >= 0.3 is 6.18 Å². The minimum absolute atomic E-state index is 0.374. The molecule has 0 N–H and O–H groups in total. The van der Waals surface area contributed by atoms with Crippen molar-refractivity contribution in [1.29, 1.82) is 0 Å². The zero-order valence-electron chi connectivity index (χ0n) is 12.2. The van der Waals surface area contributed by atoms with Crippen LogP contribution in [0, 0.1) is 5.92 Å². The second-order valence-corrected chi connectivity index (χ2v) is 6.57. The molecule has 2 aromatic heterocycles. The molecule has 3 rings (SSSR count). The van der Waals surface area contributed by atoms with Gasteiger partial charge < -0.3 is 4.57 Å². The van der Waals surface area contributed by atoms with Gasteiger partial charge in [0.1, 0.15) is 0 Å². The van der Waals surface area contributed by atoms with Crippen molar-refractivity contribution in [3.05, 3.63) is 41.3 Å². The number of imidazole rings is 1. The molecular weight excluding hydrogens is 309 g/mol. The Labute approximate surface area is 130 Å². The highest BCUT2D eigenvalue weighted by Gasteiger charge is 2.31. The van der Waals surface area contributed by atoms with E-state index in [0.29, 0.717) is 11.4 Å². The van der Waals surface area contributed by atoms with Crippen molar-refractivity contribution in [2.75, 3.05) is 0 Å². The topological polar surface area (TPSA) is 17.8 Å². The summed E-state index contributed by atoms with van der Waals surface area (Å²) in [6.45, 7) is 4.87. The van der Waals surface area contributed by atoms with Crippen LogP contribution in [0.5, 0.6) is 0 Å². The highest BCUT2D eigenvalue weighted by atomic mass is 32.1. The first-order valence-corrected chi connectivity index (χ1v) is 7.85. The van der Waals surface area contributed by atoms with E-state index in [2.05, 4.69) is 18.8 Å². The number of fused-ring (bicyclic) bond motifs is 1. The van der Waals surface area contributed by atoms with Crippen LogP contribution in [0.25, 0.3) is 21.7 Å². The van der Waals surface area contributed by atoms with Crippen molar-refractivity contribution in [2.24, 2.45) is 5.92 Å². The van der Waals surface area contributed by atoms with E-state index < -0.39 is 11.7 Å². The minimum atomic E-state index is -4.35. The van der Waals surface area contributed by atoms with E-state index >= 15 is 0 Å². The Morgan fingerprint density at radius 3 is 2.59 bits per heavy atom. The maximum atomic E-state index is 12.9. The van der Waals surface area contributed by atoms with Crippen LogP contribution in [0.4, 0.5) is 13.2 Å². The molecule has 0 unspecified atom stereocenters. The minimum Gasteiger partial charge on any atom is -0.323 e. The summed E-state index contributed by atoms with van der Waals surface area (Å²) in [4.78, 5) is 5.42. The normalized spacial score (nSPS) is 12.5. The SMILES string of the molecule is CC(C)Cn1c(-c2cccs2)nc2cc(C(F)(F)F)ccc21. The molecule has 0 fully saturated rings. The average Bonchev–Trinajstić information content (AvgIpc) is 3.04. The Bertz CT molecular complexity index is 786. The summed E-state index contributed by atoms with van der Waals surface area (Å²) in [5, 5.41) is 1.94. The molecule has 0 spiro atoms. The third kappa shape index (κ3) is 2.75. The van der Waals surface area contributed by atoms with Gasteiger partial charge in [0.15, 0.2) is 5.82 Å². The fraction of sp³-hybridized carbons (Fsp3) is 0.312. The van der Waals surface area contributed by atoms with Crippen molar-refractivity contribution < 1.29 is 13.2 Å². The predicted octanol–water partition coefficient (Wildman–Crippen LogP) is 5.44. The van der Waals surface area contributed by atoms with Crippen LogP contribution < -0.4 is 0 Å². The van der Waals surface area contributed by atoms with Crippen molar-refractivity contribution in [1.82, 2.24) is 9.55 Å². The van der Waals surface area contributed by atoms with E-state index in [0.717, 1.165) is 34.9 Å². The first kappa shape index (κ1) is 15.1. The van der Waals surface area contributed by atoms with E-state index in [9.17, 15) is 13.2 Å². The largest absolute Gasteiger partial charge is 0.416 e. The number of benzene rings is 1. The molecule has 22 heavy (non-hydrogen) atoms. The number of aromatic nitrogens is 2. The van der Waals surface area contributed by atoms with Crippen LogP contribution in [0.3, 0.4) is 0 Å². The number of rotatable bonds is 3. The lowest BCUT2D eigenvalue weighted by molar-refractivity contribution is -0.137. The van der Waals surface area contributed by atoms with Crippen LogP contribution in [0.15, 0.2) is 35.7 Å². The van der Waals surface area contributed by atoms with Gasteiger partial charge in [-0.05, 0) is 35.6 Å². The highest BCUT2D eigenvalue weighted by molar-refractivity contribution is 7.13. The smallest absolute Gasteiger partial charge is 0.323 e. The second kappa shape index (κ2) is 5.43. The molecule has 0 radical (unpaired) electrons. The molecule has 0 saturated heterocycles. The second-order valence-electron chi connectivity index (χ2n) is 5.62. The lowest BCUT2D eigenvalue weighted by Gasteiger charge is -2.11. The van der Waals surface area contributed by atoms with Gasteiger partial charge in [0.25, 0.3) is 0 Å². The first-order chi connectivity index (χ1) is 10.4. The molecule has 0 amide bonds. The summed E-state index contributed by atoms with van der Waals surface area (Å²) in [7, 11) is 0. The summed E-state index contributed by atoms with van der Waals surface area (Å²) in [6.07, 6.45) is -4.35. The van der Waals surface area contributed by atoms with Gasteiger partial charge in [-0.3, -0.25) is 0 Å². The molecule has 1 aromatic carbocycles. The van der Waals surface area contributed by atoms with Gasteiger partial charge in [-0.1, -0.05) is 19.9 Å². The maximum Gasteiger partial charge on any atom is 0.416 e. The first-order valence-electron chi connectivity index (χ1n) is 6.97. The standard InChI is InChI=1S/C16H15F3N2S/c1-10(2)9-21-13-6-5-11(16(17,18)19)8-12(13)20-15(21)14-4-3-7-22-14/h3-8,10H,9H2,1-2H3. The van der Waals surface area contributed by atoms with Crippen molar-refractivity contribution in [3.63, 3.8) is 0 Å². The molecule has 0 bridgehead atoms. The summed E-state index contributed by atoms with van der Waals surface area (Å²) in [5.41, 5.74) is 0.468. The van der Waals surface area contributed by atoms with Crippen LogP contribution in [0.1, 0.15) is 19.4 Å². The molecule has 0 saturated carbocycles.